The maximum absolute atomic E-state index is 12.0. The molecule has 0 bridgehead atoms. The molecule has 0 saturated carbocycles. The zero-order valence-electron chi connectivity index (χ0n) is 20.7. The van der Waals surface area contributed by atoms with Crippen LogP contribution >= 0.6 is 0 Å². The van der Waals surface area contributed by atoms with E-state index in [4.69, 9.17) is 4.98 Å². The number of fused-ring (bicyclic) bond motifs is 2. The number of β-amino-alcohol motifs (C(OH)–C–C–N with tert-alkyl or cyclic N) is 1. The minimum Gasteiger partial charge on any atom is -0.390 e. The van der Waals surface area contributed by atoms with E-state index in [1.165, 1.54) is 16.7 Å². The van der Waals surface area contributed by atoms with Crippen LogP contribution in [0.3, 0.4) is 0 Å². The van der Waals surface area contributed by atoms with Crippen LogP contribution in [0.25, 0.3) is 11.0 Å². The summed E-state index contributed by atoms with van der Waals surface area (Å²) in [6, 6.07) is 12.8. The number of anilines is 1. The Labute approximate surface area is 202 Å². The molecule has 2 N–H and O–H groups in total. The van der Waals surface area contributed by atoms with Crippen LogP contribution in [-0.4, -0.2) is 51.2 Å². The first kappa shape index (κ1) is 23.1. The number of aryl methyl sites for hydroxylation is 2. The second kappa shape index (κ2) is 9.16. The van der Waals surface area contributed by atoms with Crippen molar-refractivity contribution >= 4 is 22.6 Å². The Hall–Kier alpha value is -2.70. The fraction of sp³-hybridized carbons (Fsp3) is 0.500. The summed E-state index contributed by atoms with van der Waals surface area (Å²) >= 11 is 0. The highest BCUT2D eigenvalue weighted by molar-refractivity contribution is 5.92. The van der Waals surface area contributed by atoms with Crippen molar-refractivity contribution < 1.29 is 9.90 Å². The smallest absolute Gasteiger partial charge is 0.226 e. The van der Waals surface area contributed by atoms with E-state index in [9.17, 15) is 9.90 Å². The van der Waals surface area contributed by atoms with Crippen LogP contribution in [0.1, 0.15) is 48.8 Å². The largest absolute Gasteiger partial charge is 0.390 e. The molecule has 1 aromatic heterocycles. The topological polar surface area (TPSA) is 70.4 Å². The number of carbonyl (C=O) groups excluding carboxylic acids is 1. The van der Waals surface area contributed by atoms with E-state index in [2.05, 4.69) is 52.0 Å². The highest BCUT2D eigenvalue weighted by Gasteiger charge is 2.33. The number of likely N-dealkylation sites (tertiary alicyclic amines) is 1. The Morgan fingerprint density at radius 3 is 2.71 bits per heavy atom. The van der Waals surface area contributed by atoms with Crippen LogP contribution in [0.2, 0.25) is 0 Å². The lowest BCUT2D eigenvalue weighted by Crippen LogP contribution is -2.46. The van der Waals surface area contributed by atoms with Crippen molar-refractivity contribution in [3.05, 3.63) is 58.9 Å². The fourth-order valence-electron chi connectivity index (χ4n) is 5.77. The van der Waals surface area contributed by atoms with Gasteiger partial charge in [0.25, 0.3) is 0 Å². The Bertz CT molecular complexity index is 1210. The van der Waals surface area contributed by atoms with Crippen LogP contribution in [-0.2, 0) is 17.6 Å². The minimum atomic E-state index is -0.409. The molecule has 1 fully saturated rings. The van der Waals surface area contributed by atoms with Gasteiger partial charge in [0.1, 0.15) is 5.82 Å². The average Bonchev–Trinajstić information content (AvgIpc) is 3.32. The molecular weight excluding hydrogens is 424 g/mol. The number of nitrogens with zero attached hydrogens (tertiary/aromatic N) is 3. The summed E-state index contributed by atoms with van der Waals surface area (Å²) in [4.78, 5) is 19.2. The van der Waals surface area contributed by atoms with E-state index in [0.29, 0.717) is 12.5 Å². The number of benzene rings is 2. The maximum Gasteiger partial charge on any atom is 0.226 e. The first-order chi connectivity index (χ1) is 16.3. The summed E-state index contributed by atoms with van der Waals surface area (Å²) in [5, 5.41) is 14.2. The molecular formula is C28H36N4O2. The molecule has 5 rings (SSSR count). The van der Waals surface area contributed by atoms with E-state index in [1.807, 2.05) is 26.8 Å². The monoisotopic (exact) mass is 460 g/mol. The predicted molar refractivity (Wildman–Crippen MR) is 136 cm³/mol. The number of aliphatic hydroxyl groups excluding tert-OH is 1. The molecule has 3 atom stereocenters. The van der Waals surface area contributed by atoms with Crippen LogP contribution in [0.5, 0.6) is 0 Å². The van der Waals surface area contributed by atoms with E-state index < -0.39 is 6.10 Å². The van der Waals surface area contributed by atoms with Crippen LogP contribution in [0, 0.1) is 25.7 Å². The zero-order valence-corrected chi connectivity index (χ0v) is 20.7. The van der Waals surface area contributed by atoms with Gasteiger partial charge in [-0.15, -0.1) is 0 Å². The van der Waals surface area contributed by atoms with E-state index in [-0.39, 0.29) is 17.9 Å². The van der Waals surface area contributed by atoms with Crippen LogP contribution in [0.4, 0.5) is 5.69 Å². The van der Waals surface area contributed by atoms with Crippen LogP contribution < -0.4 is 5.32 Å². The number of piperidine rings is 1. The minimum absolute atomic E-state index is 0.0245. The summed E-state index contributed by atoms with van der Waals surface area (Å²) in [6.45, 7) is 10.6. The molecule has 2 aromatic carbocycles. The van der Waals surface area contributed by atoms with Gasteiger partial charge in [-0.25, -0.2) is 4.98 Å². The predicted octanol–water partition coefficient (Wildman–Crippen LogP) is 4.27. The van der Waals surface area contributed by atoms with Gasteiger partial charge in [-0.3, -0.25) is 4.79 Å². The van der Waals surface area contributed by atoms with E-state index in [1.54, 1.807) is 0 Å². The van der Waals surface area contributed by atoms with Gasteiger partial charge in [0.05, 0.1) is 23.2 Å². The summed E-state index contributed by atoms with van der Waals surface area (Å²) in [5.41, 5.74) is 6.97. The molecule has 1 amide bonds. The molecule has 1 aliphatic heterocycles. The highest BCUT2D eigenvalue weighted by atomic mass is 16.3. The second-order valence-corrected chi connectivity index (χ2v) is 10.6. The van der Waals surface area contributed by atoms with Crippen molar-refractivity contribution in [3.63, 3.8) is 0 Å². The molecule has 2 aliphatic rings. The summed E-state index contributed by atoms with van der Waals surface area (Å²) in [6.07, 6.45) is 2.61. The van der Waals surface area contributed by atoms with Crippen molar-refractivity contribution in [1.82, 2.24) is 14.5 Å². The van der Waals surface area contributed by atoms with Crippen molar-refractivity contribution in [1.29, 1.82) is 0 Å². The molecule has 3 aromatic rings. The fourth-order valence-corrected chi connectivity index (χ4v) is 5.77. The molecule has 6 heteroatoms. The summed E-state index contributed by atoms with van der Waals surface area (Å²) < 4.78 is 2.25. The lowest BCUT2D eigenvalue weighted by Gasteiger charge is -2.38. The third kappa shape index (κ3) is 4.49. The van der Waals surface area contributed by atoms with Crippen LogP contribution in [0.15, 0.2) is 36.4 Å². The lowest BCUT2D eigenvalue weighted by molar-refractivity contribution is -0.118. The molecule has 1 unspecified atom stereocenters. The molecule has 1 aliphatic carbocycles. The number of hydrogen-bond donors (Lipinski definition) is 2. The Balaban J connectivity index is 1.22. The number of aromatic nitrogens is 2. The summed E-state index contributed by atoms with van der Waals surface area (Å²) in [7, 11) is 0. The molecule has 34 heavy (non-hydrogen) atoms. The molecule has 0 radical (unpaired) electrons. The molecule has 1 saturated heterocycles. The van der Waals surface area contributed by atoms with Gasteiger partial charge in [0.2, 0.25) is 5.91 Å². The number of nitrogens with one attached hydrogen (secondary N) is 1. The number of rotatable bonds is 5. The second-order valence-electron chi connectivity index (χ2n) is 10.6. The van der Waals surface area contributed by atoms with E-state index >= 15 is 0 Å². The van der Waals surface area contributed by atoms with Gasteiger partial charge in [0.15, 0.2) is 0 Å². The maximum atomic E-state index is 12.0. The van der Waals surface area contributed by atoms with Gasteiger partial charge in [-0.05, 0) is 80.0 Å². The molecule has 6 nitrogen and oxygen atoms in total. The number of hydrogen-bond acceptors (Lipinski definition) is 4. The van der Waals surface area contributed by atoms with Gasteiger partial charge in [-0.2, -0.15) is 0 Å². The van der Waals surface area contributed by atoms with E-state index in [0.717, 1.165) is 54.9 Å². The normalized spacial score (nSPS) is 22.9. The van der Waals surface area contributed by atoms with Gasteiger partial charge in [0, 0.05) is 31.2 Å². The summed E-state index contributed by atoms with van der Waals surface area (Å²) in [5.74, 6) is 1.56. The molecule has 2 heterocycles. The zero-order chi connectivity index (χ0) is 24.0. The first-order valence-electron chi connectivity index (χ1n) is 12.6. The Kier molecular flexibility index (Phi) is 6.21. The van der Waals surface area contributed by atoms with Crippen molar-refractivity contribution in [2.75, 3.05) is 25.0 Å². The van der Waals surface area contributed by atoms with Gasteiger partial charge >= 0.3 is 0 Å². The quantitative estimate of drug-likeness (QED) is 0.597. The SMILES string of the molecule is Cc1ccc2c(c1)nc(C)n2[C@@H]1CCN(CC2Cc3ccc(NC(=O)C(C)C)cc3C2)C[C@H]1O. The van der Waals surface area contributed by atoms with Crippen molar-refractivity contribution in [2.45, 2.75) is 59.1 Å². The average molecular weight is 461 g/mol. The number of imidazole rings is 1. The first-order valence-corrected chi connectivity index (χ1v) is 12.6. The van der Waals surface area contributed by atoms with Gasteiger partial charge < -0.3 is 19.9 Å². The number of amides is 1. The number of carbonyl (C=O) groups is 1. The third-order valence-electron chi connectivity index (χ3n) is 7.52. The number of aliphatic hydroxyl groups is 1. The van der Waals surface area contributed by atoms with Gasteiger partial charge in [-0.1, -0.05) is 26.0 Å². The molecule has 180 valence electrons. The lowest BCUT2D eigenvalue weighted by atomic mass is 9.98. The van der Waals surface area contributed by atoms with Crippen molar-refractivity contribution in [3.8, 4) is 0 Å². The Morgan fingerprint density at radius 2 is 1.94 bits per heavy atom. The van der Waals surface area contributed by atoms with Crippen molar-refractivity contribution in [2.24, 2.45) is 11.8 Å². The Morgan fingerprint density at radius 1 is 1.15 bits per heavy atom. The third-order valence-corrected chi connectivity index (χ3v) is 7.52. The molecule has 0 spiro atoms. The standard InChI is InChI=1S/C28H36N4O2/c1-17(2)28(34)30-23-7-6-21-12-20(13-22(21)14-23)15-31-10-9-26(27(33)16-31)32-19(4)29-24-11-18(3)5-8-25(24)32/h5-8,11,14,17,20,26-27,33H,9-10,12-13,15-16H2,1-4H3,(H,30,34)/t20?,26-,27-/m1/s1. The highest BCUT2D eigenvalue weighted by Crippen LogP contribution is 2.33.